The number of sulfone groups is 1. The molecule has 2 aromatic heterocycles. The molecule has 0 saturated carbocycles. The first-order valence-electron chi connectivity index (χ1n) is 5.65. The van der Waals surface area contributed by atoms with Gasteiger partial charge in [-0.3, -0.25) is 9.97 Å². The Balaban J connectivity index is 2.62. The highest BCUT2D eigenvalue weighted by atomic mass is 32.2. The van der Waals surface area contributed by atoms with Crippen LogP contribution in [0.25, 0.3) is 11.4 Å². The van der Waals surface area contributed by atoms with E-state index in [1.54, 1.807) is 37.5 Å². The Kier molecular flexibility index (Phi) is 3.43. The first kappa shape index (κ1) is 12.7. The first-order chi connectivity index (χ1) is 8.54. The van der Waals surface area contributed by atoms with Crippen LogP contribution in [0.15, 0.2) is 41.6 Å². The second-order valence-electron chi connectivity index (χ2n) is 3.97. The van der Waals surface area contributed by atoms with Gasteiger partial charge < -0.3 is 0 Å². The molecule has 0 aliphatic rings. The summed E-state index contributed by atoms with van der Waals surface area (Å²) < 4.78 is 24.0. The third-order valence-electron chi connectivity index (χ3n) is 2.64. The molecule has 0 radical (unpaired) electrons. The zero-order valence-electron chi connectivity index (χ0n) is 10.3. The van der Waals surface area contributed by atoms with Crippen molar-refractivity contribution in [2.24, 2.45) is 0 Å². The van der Waals surface area contributed by atoms with Crippen molar-refractivity contribution in [2.45, 2.75) is 18.7 Å². The van der Waals surface area contributed by atoms with E-state index in [1.807, 2.05) is 13.0 Å². The van der Waals surface area contributed by atoms with Gasteiger partial charge in [0, 0.05) is 12.4 Å². The van der Waals surface area contributed by atoms with E-state index in [1.165, 1.54) is 0 Å². The van der Waals surface area contributed by atoms with Gasteiger partial charge in [0.1, 0.15) is 5.69 Å². The van der Waals surface area contributed by atoms with Crippen molar-refractivity contribution in [3.05, 3.63) is 42.2 Å². The molecular formula is C13H14N2O2S. The summed E-state index contributed by atoms with van der Waals surface area (Å²) in [5, 5.41) is 0. The van der Waals surface area contributed by atoms with Gasteiger partial charge in [-0.25, -0.2) is 8.42 Å². The van der Waals surface area contributed by atoms with E-state index in [2.05, 4.69) is 9.97 Å². The highest BCUT2D eigenvalue weighted by Gasteiger charge is 2.18. The molecule has 0 aromatic carbocycles. The van der Waals surface area contributed by atoms with Crippen LogP contribution in [0.4, 0.5) is 0 Å². The van der Waals surface area contributed by atoms with Gasteiger partial charge in [-0.1, -0.05) is 13.0 Å². The fraction of sp³-hybridized carbons (Fsp3) is 0.231. The number of aromatic nitrogens is 2. The van der Waals surface area contributed by atoms with E-state index in [0.29, 0.717) is 11.4 Å². The van der Waals surface area contributed by atoms with Crippen LogP contribution in [-0.4, -0.2) is 24.1 Å². The Morgan fingerprint density at radius 1 is 1.17 bits per heavy atom. The largest absolute Gasteiger partial charge is 0.254 e. The normalized spacial score (nSPS) is 11.4. The molecule has 0 fully saturated rings. The average Bonchev–Trinajstić information content (AvgIpc) is 2.40. The first-order valence-corrected chi connectivity index (χ1v) is 7.30. The molecule has 4 nitrogen and oxygen atoms in total. The summed E-state index contributed by atoms with van der Waals surface area (Å²) in [6, 6.07) is 6.87. The van der Waals surface area contributed by atoms with Gasteiger partial charge in [0.2, 0.25) is 0 Å². The van der Waals surface area contributed by atoms with Gasteiger partial charge in [-0.2, -0.15) is 0 Å². The van der Waals surface area contributed by atoms with Gasteiger partial charge in [-0.15, -0.1) is 0 Å². The minimum absolute atomic E-state index is 0.0531. The maximum absolute atomic E-state index is 12.0. The lowest BCUT2D eigenvalue weighted by molar-refractivity contribution is 0.597. The van der Waals surface area contributed by atoms with Crippen molar-refractivity contribution in [2.75, 3.05) is 5.75 Å². The molecule has 18 heavy (non-hydrogen) atoms. The lowest BCUT2D eigenvalue weighted by atomic mass is 10.2. The van der Waals surface area contributed by atoms with Crippen molar-refractivity contribution in [3.63, 3.8) is 0 Å². The van der Waals surface area contributed by atoms with Crippen molar-refractivity contribution < 1.29 is 8.42 Å². The van der Waals surface area contributed by atoms with E-state index >= 15 is 0 Å². The molecule has 0 atom stereocenters. The Hall–Kier alpha value is -1.75. The molecule has 2 heterocycles. The van der Waals surface area contributed by atoms with Crippen LogP contribution >= 0.6 is 0 Å². The summed E-state index contributed by atoms with van der Waals surface area (Å²) in [6.07, 6.45) is 3.28. The number of nitrogens with zero attached hydrogens (tertiary/aromatic N) is 2. The summed E-state index contributed by atoms with van der Waals surface area (Å²) in [7, 11) is -3.29. The number of hydrogen-bond acceptors (Lipinski definition) is 4. The average molecular weight is 262 g/mol. The third kappa shape index (κ3) is 2.41. The minimum atomic E-state index is -3.29. The van der Waals surface area contributed by atoms with Gasteiger partial charge in [0.25, 0.3) is 0 Å². The zero-order valence-corrected chi connectivity index (χ0v) is 11.1. The van der Waals surface area contributed by atoms with Crippen LogP contribution in [0.3, 0.4) is 0 Å². The fourth-order valence-corrected chi connectivity index (χ4v) is 2.65. The molecule has 0 aliphatic carbocycles. The predicted molar refractivity (Wildman–Crippen MR) is 69.9 cm³/mol. The number of rotatable bonds is 3. The van der Waals surface area contributed by atoms with Crippen LogP contribution < -0.4 is 0 Å². The number of pyridine rings is 2. The van der Waals surface area contributed by atoms with E-state index in [-0.39, 0.29) is 10.6 Å². The number of aryl methyl sites for hydroxylation is 1. The standard InChI is InChI=1S/C13H14N2O2S/c1-3-18(16,17)12-5-4-8-14-13(12)11-7-6-10(2)9-15-11/h4-9H,3H2,1-2H3. The van der Waals surface area contributed by atoms with Gasteiger partial charge >= 0.3 is 0 Å². The molecule has 0 saturated heterocycles. The van der Waals surface area contributed by atoms with E-state index < -0.39 is 9.84 Å². The Morgan fingerprint density at radius 3 is 2.56 bits per heavy atom. The molecule has 0 spiro atoms. The van der Waals surface area contributed by atoms with E-state index in [4.69, 9.17) is 0 Å². The van der Waals surface area contributed by atoms with E-state index in [0.717, 1.165) is 5.56 Å². The maximum atomic E-state index is 12.0. The summed E-state index contributed by atoms with van der Waals surface area (Å²) in [5.41, 5.74) is 2.02. The second-order valence-corrected chi connectivity index (χ2v) is 6.22. The highest BCUT2D eigenvalue weighted by Crippen LogP contribution is 2.24. The Morgan fingerprint density at radius 2 is 1.94 bits per heavy atom. The maximum Gasteiger partial charge on any atom is 0.180 e. The second kappa shape index (κ2) is 4.86. The lowest BCUT2D eigenvalue weighted by Crippen LogP contribution is -2.07. The van der Waals surface area contributed by atoms with Crippen molar-refractivity contribution in [1.29, 1.82) is 0 Å². The predicted octanol–water partition coefficient (Wildman–Crippen LogP) is 2.25. The number of hydrogen-bond donors (Lipinski definition) is 0. The third-order valence-corrected chi connectivity index (χ3v) is 4.40. The lowest BCUT2D eigenvalue weighted by Gasteiger charge is -2.07. The van der Waals surface area contributed by atoms with E-state index in [9.17, 15) is 8.42 Å². The molecule has 2 aromatic rings. The summed E-state index contributed by atoms with van der Waals surface area (Å²) in [4.78, 5) is 8.62. The van der Waals surface area contributed by atoms with Gasteiger partial charge in [-0.05, 0) is 30.7 Å². The highest BCUT2D eigenvalue weighted by molar-refractivity contribution is 7.91. The summed E-state index contributed by atoms with van der Waals surface area (Å²) in [5.74, 6) is 0.0531. The van der Waals surface area contributed by atoms with Crippen LogP contribution in [0.1, 0.15) is 12.5 Å². The van der Waals surface area contributed by atoms with Crippen LogP contribution in [0.5, 0.6) is 0 Å². The summed E-state index contributed by atoms with van der Waals surface area (Å²) in [6.45, 7) is 3.55. The zero-order chi connectivity index (χ0) is 13.2. The van der Waals surface area contributed by atoms with Gasteiger partial charge in [0.05, 0.1) is 16.3 Å². The van der Waals surface area contributed by atoms with Crippen LogP contribution in [-0.2, 0) is 9.84 Å². The van der Waals surface area contributed by atoms with Crippen molar-refractivity contribution >= 4 is 9.84 Å². The molecule has 5 heteroatoms. The monoisotopic (exact) mass is 262 g/mol. The van der Waals surface area contributed by atoms with Gasteiger partial charge in [0.15, 0.2) is 9.84 Å². The quantitative estimate of drug-likeness (QED) is 0.851. The molecule has 0 unspecified atom stereocenters. The smallest absolute Gasteiger partial charge is 0.180 e. The SMILES string of the molecule is CCS(=O)(=O)c1cccnc1-c1ccc(C)cn1. The molecule has 2 rings (SSSR count). The molecular weight excluding hydrogens is 248 g/mol. The molecule has 0 bridgehead atoms. The molecule has 0 N–H and O–H groups in total. The Labute approximate surface area is 107 Å². The van der Waals surface area contributed by atoms with Crippen molar-refractivity contribution in [1.82, 2.24) is 9.97 Å². The summed E-state index contributed by atoms with van der Waals surface area (Å²) >= 11 is 0. The minimum Gasteiger partial charge on any atom is -0.254 e. The van der Waals surface area contributed by atoms with Crippen LogP contribution in [0, 0.1) is 6.92 Å². The van der Waals surface area contributed by atoms with Crippen LogP contribution in [0.2, 0.25) is 0 Å². The Bertz CT molecular complexity index is 649. The molecule has 94 valence electrons. The fourth-order valence-electron chi connectivity index (χ4n) is 1.60. The molecule has 0 amide bonds. The molecule has 0 aliphatic heterocycles. The topological polar surface area (TPSA) is 59.9 Å². The van der Waals surface area contributed by atoms with Crippen molar-refractivity contribution in [3.8, 4) is 11.4 Å².